The number of carbonyl (C=O) groups is 2. The molecule has 36 heteroatoms. The SMILES string of the molecule is C=C(C)CCC[C@@]1(C)OC(=O)[C@]23CC[C@H]4C(=CC[C@@H]5C(C)(C)[C@@H](O[C@@H]6OC[C@H](OS(=O)(=O)[O-])[C@H](O)[C@H]6O[C@@H]6O[C@H](C)[C@@H](O[C@@H]7O[C@H](CO)[C@@H](O)[C@H](O[C@H]8O[C@H](COS(=O)(=O)[O-])[C@@H](O)[C@H](OC)[C@H]8O)[C@H]7O)[C@H](O)[C@H]6O[C@@H]6OC[C@@H](O)[C@H](O)[C@H]6O)CC[C@@]54C)[C@]2(C)CC(=O)[C@H]13.[Na+].[Na+]. The Balaban J connectivity index is 0.00000578. The van der Waals surface area contributed by atoms with E-state index >= 15 is 0 Å². The molecule has 0 radical (unpaired) electrons. The zero-order chi connectivity index (χ0) is 68.2. The molecule has 4 aliphatic carbocycles. The molecule has 6 heterocycles. The van der Waals surface area contributed by atoms with Gasteiger partial charge in [-0.05, 0) is 94.8 Å². The molecule has 0 unspecified atom stereocenters. The van der Waals surface area contributed by atoms with Crippen LogP contribution in [0.15, 0.2) is 23.8 Å². The summed E-state index contributed by atoms with van der Waals surface area (Å²) in [6.45, 7) is 14.0. The van der Waals surface area contributed by atoms with Crippen molar-refractivity contribution in [1.82, 2.24) is 0 Å². The predicted octanol–water partition coefficient (Wildman–Crippen LogP) is -8.77. The van der Waals surface area contributed by atoms with Crippen LogP contribution in [0, 0.1) is 39.4 Å². The van der Waals surface area contributed by atoms with E-state index in [1.54, 1.807) is 0 Å². The summed E-state index contributed by atoms with van der Waals surface area (Å²) in [5.41, 5.74) is -1.91. The zero-order valence-electron chi connectivity index (χ0n) is 54.8. The molecule has 532 valence electrons. The summed E-state index contributed by atoms with van der Waals surface area (Å²) in [6.07, 6.45) is -37.6. The maximum absolute atomic E-state index is 14.5. The van der Waals surface area contributed by atoms with Crippen LogP contribution < -0.4 is 59.1 Å². The summed E-state index contributed by atoms with van der Waals surface area (Å²) in [7, 11) is -9.86. The van der Waals surface area contributed by atoms with Gasteiger partial charge in [0.15, 0.2) is 31.5 Å². The van der Waals surface area contributed by atoms with Gasteiger partial charge in [-0.25, -0.2) is 16.8 Å². The van der Waals surface area contributed by atoms with Crippen molar-refractivity contribution in [2.24, 2.45) is 39.4 Å². The number of aliphatic hydroxyl groups excluding tert-OH is 10. The van der Waals surface area contributed by atoms with E-state index in [2.05, 4.69) is 23.8 Å². The van der Waals surface area contributed by atoms with Crippen LogP contribution in [0.25, 0.3) is 0 Å². The number of Topliss-reactive ketones (excluding diaryl/α,β-unsaturated/α-hetero) is 1. The van der Waals surface area contributed by atoms with Crippen molar-refractivity contribution < 1.29 is 211 Å². The number of carbonyl (C=O) groups excluding carboxylic acids is 2. The smallest absolute Gasteiger partial charge is 0.726 e. The number of ether oxygens (including phenoxy) is 12. The Morgan fingerprint density at radius 2 is 1.28 bits per heavy atom. The number of aliphatic hydroxyl groups is 10. The summed E-state index contributed by atoms with van der Waals surface area (Å²) in [6, 6.07) is 0. The van der Waals surface area contributed by atoms with Crippen LogP contribution in [-0.2, 0) is 95.6 Å². The first kappa shape index (κ1) is 80.2. The molecular formula is C59H90Na2O32S2. The molecule has 0 amide bonds. The second kappa shape index (κ2) is 30.3. The minimum Gasteiger partial charge on any atom is -0.726 e. The number of allylic oxidation sites excluding steroid dienone is 3. The molecule has 6 aliphatic heterocycles. The van der Waals surface area contributed by atoms with Crippen molar-refractivity contribution in [1.29, 1.82) is 0 Å². The van der Waals surface area contributed by atoms with E-state index in [4.69, 9.17) is 61.0 Å². The molecule has 10 rings (SSSR count). The normalized spacial score (nSPS) is 48.2. The minimum atomic E-state index is -5.55. The fourth-order valence-electron chi connectivity index (χ4n) is 17.4. The number of hydrogen-bond donors (Lipinski definition) is 10. The first-order valence-electron chi connectivity index (χ1n) is 31.4. The van der Waals surface area contributed by atoms with Gasteiger partial charge < -0.3 is 117 Å². The van der Waals surface area contributed by atoms with Crippen LogP contribution in [0.2, 0.25) is 0 Å². The Morgan fingerprint density at radius 3 is 1.92 bits per heavy atom. The van der Waals surface area contributed by atoms with Gasteiger partial charge in [-0.1, -0.05) is 44.9 Å². The van der Waals surface area contributed by atoms with Crippen LogP contribution in [-0.4, -0.2) is 275 Å². The number of methoxy groups -OCH3 is 1. The molecular weight excluding hydrogens is 1330 g/mol. The average molecular weight is 1420 g/mol. The van der Waals surface area contributed by atoms with Crippen molar-refractivity contribution in [2.45, 2.75) is 259 Å². The van der Waals surface area contributed by atoms with Crippen LogP contribution in [0.1, 0.15) is 106 Å². The maximum Gasteiger partial charge on any atom is 1.00 e. The van der Waals surface area contributed by atoms with E-state index in [9.17, 15) is 86.6 Å². The molecule has 3 saturated carbocycles. The van der Waals surface area contributed by atoms with Gasteiger partial charge in [0.1, 0.15) is 115 Å². The summed E-state index contributed by atoms with van der Waals surface area (Å²) >= 11 is 0. The molecule has 0 aromatic carbocycles. The van der Waals surface area contributed by atoms with E-state index < -0.39 is 228 Å². The van der Waals surface area contributed by atoms with Crippen LogP contribution in [0.5, 0.6) is 0 Å². The van der Waals surface area contributed by atoms with Crippen molar-refractivity contribution in [3.8, 4) is 0 Å². The first-order chi connectivity index (χ1) is 43.4. The van der Waals surface area contributed by atoms with Crippen LogP contribution >= 0.6 is 0 Å². The second-order valence-corrected chi connectivity index (χ2v) is 30.2. The maximum atomic E-state index is 14.5. The van der Waals surface area contributed by atoms with Gasteiger partial charge in [0.25, 0.3) is 0 Å². The molecule has 32 nitrogen and oxygen atoms in total. The number of esters is 1. The monoisotopic (exact) mass is 1420 g/mol. The Labute approximate surface area is 595 Å². The van der Waals surface area contributed by atoms with Crippen molar-refractivity contribution in [3.63, 3.8) is 0 Å². The molecule has 0 aromatic rings. The molecule has 1 spiro atoms. The third-order valence-electron chi connectivity index (χ3n) is 22.0. The Morgan fingerprint density at radius 1 is 0.684 bits per heavy atom. The summed E-state index contributed by atoms with van der Waals surface area (Å²) in [4.78, 5) is 28.9. The van der Waals surface area contributed by atoms with Crippen molar-refractivity contribution >= 4 is 32.6 Å². The van der Waals surface area contributed by atoms with Gasteiger partial charge in [0.2, 0.25) is 20.8 Å². The molecule has 10 N–H and O–H groups in total. The summed E-state index contributed by atoms with van der Waals surface area (Å²) < 4.78 is 151. The average Bonchev–Trinajstić information content (AvgIpc) is 1.52. The van der Waals surface area contributed by atoms with Gasteiger partial charge in [-0.2, -0.15) is 0 Å². The molecule has 6 saturated heterocycles. The van der Waals surface area contributed by atoms with E-state index in [1.165, 1.54) is 6.92 Å². The number of fused-ring (bicyclic) bond motifs is 4. The number of hydrogen-bond acceptors (Lipinski definition) is 32. The fourth-order valence-corrected chi connectivity index (χ4v) is 18.1. The van der Waals surface area contributed by atoms with E-state index in [1.807, 2.05) is 34.6 Å². The standard InChI is InChI=1S/C59H92O32S2.2Na/c1-24(2)11-10-16-58(8)48-28(61)19-57(7)27-12-13-33-55(4,5)34(15-17-56(33,6)26(27)14-18-59(48,57)54(71)90-58)85-52-46(38(66)32(22-80-52)91-93(75,76)77)89-53-47(88-49-39(67)35(63)29(62)21-79-49)40(68)43(25(3)82-53)86-51-42(70)45(36(64)30(20-60)83-51)87-50-41(69)44(78-9)37(65)31(84-50)23-81-92(72,73)74;;/h12,25-26,29-53,60,62-70H,1,10-11,13-23H2,2-9H3,(H,72,73,74)(H,75,76,77);;/q;2*+1/p-2/t25-,26+,29-,30-,31-,32+,33-,34+,35+,36-,37-,38+,39-,40+,41-,42-,43-,44+,45+,46-,47-,48-,49+,50-,51+,52+,53+,56-,57+,58-,59-;;/m1../s1. The van der Waals surface area contributed by atoms with Gasteiger partial charge in [0, 0.05) is 18.9 Å². The predicted molar refractivity (Wildman–Crippen MR) is 305 cm³/mol. The number of cyclic esters (lactones) is 1. The topological polar surface area (TPSA) is 480 Å². The van der Waals surface area contributed by atoms with E-state index in [0.717, 1.165) is 24.7 Å². The van der Waals surface area contributed by atoms with Gasteiger partial charge in [-0.3, -0.25) is 18.0 Å². The number of ketones is 1. The third-order valence-corrected chi connectivity index (χ3v) is 22.9. The van der Waals surface area contributed by atoms with Crippen LogP contribution in [0.4, 0.5) is 0 Å². The molecule has 9 fully saturated rings. The number of rotatable bonds is 21. The Hall–Kier alpha value is -0.480. The zero-order valence-corrected chi connectivity index (χ0v) is 60.5. The van der Waals surface area contributed by atoms with Gasteiger partial charge >= 0.3 is 65.1 Å². The Kier molecular flexibility index (Phi) is 25.6. The van der Waals surface area contributed by atoms with E-state index in [-0.39, 0.29) is 89.1 Å². The molecule has 10 aliphatic rings. The van der Waals surface area contributed by atoms with E-state index in [0.29, 0.717) is 44.9 Å². The Bertz CT molecular complexity index is 2990. The quantitative estimate of drug-likeness (QED) is 0.0168. The van der Waals surface area contributed by atoms with Crippen molar-refractivity contribution in [2.75, 3.05) is 33.5 Å². The first-order valence-corrected chi connectivity index (χ1v) is 34.1. The second-order valence-electron chi connectivity index (χ2n) is 28.1. The van der Waals surface area contributed by atoms with Gasteiger partial charge in [-0.15, -0.1) is 6.58 Å². The third kappa shape index (κ3) is 15.1. The van der Waals surface area contributed by atoms with Gasteiger partial charge in [0.05, 0.1) is 50.0 Å². The summed E-state index contributed by atoms with van der Waals surface area (Å²) in [5.74, 6) is -1.10. The molecule has 0 aromatic heterocycles. The molecule has 0 bridgehead atoms. The largest absolute Gasteiger partial charge is 1.00 e. The molecule has 31 atom stereocenters. The molecule has 95 heavy (non-hydrogen) atoms. The van der Waals surface area contributed by atoms with Crippen LogP contribution in [0.3, 0.4) is 0 Å². The fraction of sp³-hybridized carbons (Fsp3) is 0.898. The van der Waals surface area contributed by atoms with Crippen molar-refractivity contribution in [3.05, 3.63) is 23.8 Å². The minimum absolute atomic E-state index is 0. The summed E-state index contributed by atoms with van der Waals surface area (Å²) in [5, 5.41) is 112.